The van der Waals surface area contributed by atoms with E-state index in [-0.39, 0.29) is 11.7 Å². The molecule has 0 bridgehead atoms. The molecular formula is C9H12BrN3O2. The van der Waals surface area contributed by atoms with E-state index in [4.69, 9.17) is 10.5 Å². The Kier molecular flexibility index (Phi) is 4.51. The van der Waals surface area contributed by atoms with Crippen molar-refractivity contribution in [1.29, 1.82) is 0 Å². The molecule has 5 nitrogen and oxygen atoms in total. The van der Waals surface area contributed by atoms with Gasteiger partial charge in [0.05, 0.1) is 12.2 Å². The first-order chi connectivity index (χ1) is 7.15. The molecule has 1 aromatic heterocycles. The Bertz CT molecular complexity index is 357. The zero-order valence-electron chi connectivity index (χ0n) is 8.29. The molecule has 0 radical (unpaired) electrons. The molecule has 6 heteroatoms. The summed E-state index contributed by atoms with van der Waals surface area (Å²) in [6, 6.07) is 1.63. The fourth-order valence-electron chi connectivity index (χ4n) is 0.994. The number of hydrogen-bond donors (Lipinski definition) is 2. The Morgan fingerprint density at radius 2 is 2.47 bits per heavy atom. The van der Waals surface area contributed by atoms with E-state index in [0.717, 1.165) is 0 Å². The lowest BCUT2D eigenvalue weighted by atomic mass is 10.2. The minimum absolute atomic E-state index is 0.216. The van der Waals surface area contributed by atoms with Crippen LogP contribution in [0, 0.1) is 0 Å². The number of nitrogens with zero attached hydrogens (tertiary/aromatic N) is 1. The second kappa shape index (κ2) is 5.67. The van der Waals surface area contributed by atoms with Crippen molar-refractivity contribution < 1.29 is 9.53 Å². The van der Waals surface area contributed by atoms with Crippen molar-refractivity contribution in [3.05, 3.63) is 22.3 Å². The summed E-state index contributed by atoms with van der Waals surface area (Å²) in [6.45, 7) is 0.911. The number of carbonyl (C=O) groups is 1. The molecule has 1 heterocycles. The number of pyridine rings is 1. The number of methoxy groups -OCH3 is 1. The lowest BCUT2D eigenvalue weighted by Crippen LogP contribution is -2.27. The molecule has 15 heavy (non-hydrogen) atoms. The maximum Gasteiger partial charge on any atom is 0.255 e. The van der Waals surface area contributed by atoms with Gasteiger partial charge in [-0.1, -0.05) is 0 Å². The van der Waals surface area contributed by atoms with Gasteiger partial charge in [-0.05, 0) is 22.0 Å². The maximum atomic E-state index is 11.6. The summed E-state index contributed by atoms with van der Waals surface area (Å²) in [5.74, 6) is -0.0357. The van der Waals surface area contributed by atoms with Crippen LogP contribution in [0.2, 0.25) is 0 Å². The number of halogens is 1. The van der Waals surface area contributed by atoms with Crippen molar-refractivity contribution in [2.45, 2.75) is 0 Å². The van der Waals surface area contributed by atoms with E-state index in [1.54, 1.807) is 19.4 Å². The number of hydrogen-bond acceptors (Lipinski definition) is 4. The van der Waals surface area contributed by atoms with Crippen molar-refractivity contribution in [1.82, 2.24) is 10.3 Å². The van der Waals surface area contributed by atoms with Gasteiger partial charge in [0, 0.05) is 24.3 Å². The Balaban J connectivity index is 2.68. The van der Waals surface area contributed by atoms with Crippen LogP contribution < -0.4 is 11.1 Å². The fourth-order valence-corrected chi connectivity index (χ4v) is 1.32. The van der Waals surface area contributed by atoms with Crippen molar-refractivity contribution in [2.24, 2.45) is 0 Å². The van der Waals surface area contributed by atoms with Crippen molar-refractivity contribution in [3.63, 3.8) is 0 Å². The molecule has 82 valence electrons. The first-order valence-corrected chi connectivity index (χ1v) is 5.12. The Hall–Kier alpha value is -1.14. The number of aromatic nitrogens is 1. The van der Waals surface area contributed by atoms with Gasteiger partial charge < -0.3 is 15.8 Å². The van der Waals surface area contributed by atoms with E-state index < -0.39 is 0 Å². The monoisotopic (exact) mass is 273 g/mol. The van der Waals surface area contributed by atoms with Crippen LogP contribution in [0.1, 0.15) is 10.4 Å². The van der Waals surface area contributed by atoms with Crippen molar-refractivity contribution >= 4 is 27.7 Å². The number of anilines is 1. The molecule has 0 aliphatic carbocycles. The van der Waals surface area contributed by atoms with E-state index in [1.807, 2.05) is 0 Å². The van der Waals surface area contributed by atoms with E-state index in [2.05, 4.69) is 26.2 Å². The van der Waals surface area contributed by atoms with Crippen LogP contribution in [0.15, 0.2) is 16.7 Å². The third-order valence-corrected chi connectivity index (χ3v) is 2.16. The lowest BCUT2D eigenvalue weighted by molar-refractivity contribution is 0.0937. The van der Waals surface area contributed by atoms with E-state index in [9.17, 15) is 4.79 Å². The minimum Gasteiger partial charge on any atom is -0.383 e. The summed E-state index contributed by atoms with van der Waals surface area (Å²) in [6.07, 6.45) is 1.54. The topological polar surface area (TPSA) is 77.2 Å². The third-order valence-electron chi connectivity index (χ3n) is 1.72. The molecule has 0 spiro atoms. The number of nitrogen functional groups attached to an aromatic ring is 1. The lowest BCUT2D eigenvalue weighted by Gasteiger charge is -2.06. The highest BCUT2D eigenvalue weighted by atomic mass is 79.9. The fraction of sp³-hybridized carbons (Fsp3) is 0.333. The van der Waals surface area contributed by atoms with Gasteiger partial charge in [-0.25, -0.2) is 4.98 Å². The van der Waals surface area contributed by atoms with Gasteiger partial charge in [0.2, 0.25) is 0 Å². The quantitative estimate of drug-likeness (QED) is 0.796. The number of amides is 1. The van der Waals surface area contributed by atoms with Crippen LogP contribution in [0.25, 0.3) is 0 Å². The smallest absolute Gasteiger partial charge is 0.255 e. The molecule has 1 aromatic rings. The predicted molar refractivity (Wildman–Crippen MR) is 60.6 cm³/mol. The normalized spacial score (nSPS) is 10.0. The van der Waals surface area contributed by atoms with Crippen LogP contribution >= 0.6 is 15.9 Å². The van der Waals surface area contributed by atoms with Crippen molar-refractivity contribution in [2.75, 3.05) is 26.0 Å². The molecule has 1 rings (SSSR count). The van der Waals surface area contributed by atoms with E-state index in [0.29, 0.717) is 23.2 Å². The summed E-state index contributed by atoms with van der Waals surface area (Å²) < 4.78 is 5.53. The summed E-state index contributed by atoms with van der Waals surface area (Å²) >= 11 is 3.22. The Labute approximate surface area is 96.1 Å². The second-order valence-electron chi connectivity index (χ2n) is 2.84. The zero-order chi connectivity index (χ0) is 11.3. The largest absolute Gasteiger partial charge is 0.383 e. The van der Waals surface area contributed by atoms with Crippen LogP contribution in [0.3, 0.4) is 0 Å². The van der Waals surface area contributed by atoms with Gasteiger partial charge in [0.1, 0.15) is 5.82 Å². The van der Waals surface area contributed by atoms with Crippen LogP contribution in [0.4, 0.5) is 5.82 Å². The highest BCUT2D eigenvalue weighted by molar-refractivity contribution is 9.10. The van der Waals surface area contributed by atoms with Gasteiger partial charge in [-0.3, -0.25) is 4.79 Å². The highest BCUT2D eigenvalue weighted by Gasteiger charge is 2.10. The molecule has 0 aliphatic heterocycles. The SMILES string of the molecule is COCCNC(=O)c1cc(Br)cnc1N. The molecule has 0 aliphatic rings. The standard InChI is InChI=1S/C9H12BrN3O2/c1-15-3-2-12-9(14)7-4-6(10)5-13-8(7)11/h4-5H,2-3H2,1H3,(H2,11,13)(H,12,14). The van der Waals surface area contributed by atoms with Gasteiger partial charge in [0.15, 0.2) is 0 Å². The molecule has 0 unspecified atom stereocenters. The summed E-state index contributed by atoms with van der Waals surface area (Å²) in [7, 11) is 1.57. The Morgan fingerprint density at radius 3 is 3.13 bits per heavy atom. The summed E-state index contributed by atoms with van der Waals surface area (Å²) in [5, 5.41) is 2.66. The number of nitrogens with one attached hydrogen (secondary N) is 1. The first-order valence-electron chi connectivity index (χ1n) is 4.33. The van der Waals surface area contributed by atoms with Crippen LogP contribution in [-0.4, -0.2) is 31.2 Å². The number of carbonyl (C=O) groups excluding carboxylic acids is 1. The molecule has 3 N–H and O–H groups in total. The third kappa shape index (κ3) is 3.49. The predicted octanol–water partition coefficient (Wildman–Crippen LogP) is 0.802. The Morgan fingerprint density at radius 1 is 1.73 bits per heavy atom. The van der Waals surface area contributed by atoms with Gasteiger partial charge in [-0.2, -0.15) is 0 Å². The highest BCUT2D eigenvalue weighted by Crippen LogP contribution is 2.14. The molecule has 0 saturated carbocycles. The second-order valence-corrected chi connectivity index (χ2v) is 3.75. The first kappa shape index (κ1) is 11.9. The van der Waals surface area contributed by atoms with Gasteiger partial charge in [0.25, 0.3) is 5.91 Å². The average molecular weight is 274 g/mol. The van der Waals surface area contributed by atoms with Gasteiger partial charge in [-0.15, -0.1) is 0 Å². The molecule has 1 amide bonds. The summed E-state index contributed by atoms with van der Waals surface area (Å²) in [5.41, 5.74) is 5.93. The molecule has 0 fully saturated rings. The van der Waals surface area contributed by atoms with E-state index >= 15 is 0 Å². The van der Waals surface area contributed by atoms with E-state index in [1.165, 1.54) is 0 Å². The number of ether oxygens (including phenoxy) is 1. The van der Waals surface area contributed by atoms with Crippen LogP contribution in [0.5, 0.6) is 0 Å². The van der Waals surface area contributed by atoms with Crippen LogP contribution in [-0.2, 0) is 4.74 Å². The number of nitrogens with two attached hydrogens (primary N) is 1. The number of rotatable bonds is 4. The zero-order valence-corrected chi connectivity index (χ0v) is 9.87. The molecule has 0 aromatic carbocycles. The van der Waals surface area contributed by atoms with Crippen molar-refractivity contribution in [3.8, 4) is 0 Å². The average Bonchev–Trinajstić information content (AvgIpc) is 2.22. The molecule has 0 saturated heterocycles. The summed E-state index contributed by atoms with van der Waals surface area (Å²) in [4.78, 5) is 15.5. The molecular weight excluding hydrogens is 262 g/mol. The minimum atomic E-state index is -0.252. The maximum absolute atomic E-state index is 11.6. The van der Waals surface area contributed by atoms with Gasteiger partial charge >= 0.3 is 0 Å². The molecule has 0 atom stereocenters.